The Labute approximate surface area is 307 Å². The monoisotopic (exact) mass is 681 g/mol. The van der Waals surface area contributed by atoms with E-state index >= 15 is 0 Å². The number of ketones is 1. The summed E-state index contributed by atoms with van der Waals surface area (Å²) in [5.41, 5.74) is 16.2. The molecule has 0 atom stereocenters. The second kappa shape index (κ2) is 14.3. The molecule has 0 aliphatic heterocycles. The zero-order valence-electron chi connectivity index (χ0n) is 30.9. The summed E-state index contributed by atoms with van der Waals surface area (Å²) < 4.78 is 2.31. The minimum atomic E-state index is -0.144. The number of carbonyl (C=O) groups excluding carboxylic acids is 1. The van der Waals surface area contributed by atoms with Crippen LogP contribution in [0.5, 0.6) is 0 Å². The highest BCUT2D eigenvalue weighted by atomic mass is 16.3. The van der Waals surface area contributed by atoms with Crippen molar-refractivity contribution in [2.45, 2.75) is 54.6 Å². The Morgan fingerprint density at radius 2 is 1.19 bits per heavy atom. The predicted octanol–water partition coefficient (Wildman–Crippen LogP) is 11.1. The van der Waals surface area contributed by atoms with E-state index in [4.69, 9.17) is 0 Å². The predicted molar refractivity (Wildman–Crippen MR) is 215 cm³/mol. The van der Waals surface area contributed by atoms with E-state index in [0.29, 0.717) is 35.4 Å². The van der Waals surface area contributed by atoms with Crippen LogP contribution in [0.25, 0.3) is 5.57 Å². The van der Waals surface area contributed by atoms with Gasteiger partial charge in [-0.1, -0.05) is 95.1 Å². The standard InChI is InChI=1S/C48H44N2O2/c1-31-9-7-11-37(27-31)29-49(43-23-13-33(3)25-35(43)5)41-19-15-39(16-20-41)45-47(51)46(48(45)52)40-17-21-42(22-18-40)50(30-38-12-8-10-32(2)28-38)44-24-14-34(4)26-36(44)6/h7-28H,29-30H2,1-6H3/p+1. The van der Waals surface area contributed by atoms with Crippen LogP contribution >= 0.6 is 0 Å². The molecular formula is C48H45N2O2+. The van der Waals surface area contributed by atoms with E-state index < -0.39 is 0 Å². The Morgan fingerprint density at radius 3 is 1.81 bits per heavy atom. The number of anilines is 2. The molecule has 5 aromatic carbocycles. The van der Waals surface area contributed by atoms with E-state index in [1.807, 2.05) is 48.6 Å². The molecule has 4 nitrogen and oxygen atoms in total. The largest absolute Gasteiger partial charge is 0.506 e. The summed E-state index contributed by atoms with van der Waals surface area (Å²) in [5.74, 6) is -0.0996. The Hall–Kier alpha value is -6.00. The molecule has 0 saturated heterocycles. The van der Waals surface area contributed by atoms with Crippen molar-refractivity contribution >= 4 is 34.1 Å². The fourth-order valence-electron chi connectivity index (χ4n) is 7.39. The van der Waals surface area contributed by atoms with Crippen molar-refractivity contribution in [1.29, 1.82) is 0 Å². The lowest BCUT2D eigenvalue weighted by Gasteiger charge is -2.28. The molecule has 4 heteroatoms. The topological polar surface area (TPSA) is 43.5 Å². The summed E-state index contributed by atoms with van der Waals surface area (Å²) in [6.45, 7) is 14.1. The number of carbonyl (C=O) groups is 1. The lowest BCUT2D eigenvalue weighted by atomic mass is 9.80. The minimum absolute atomic E-state index is 0.0440. The Morgan fingerprint density at radius 1 is 0.596 bits per heavy atom. The molecule has 0 fully saturated rings. The highest BCUT2D eigenvalue weighted by molar-refractivity contribution is 6.39. The summed E-state index contributed by atoms with van der Waals surface area (Å²) in [4.78, 5) is 16.0. The van der Waals surface area contributed by atoms with Gasteiger partial charge in [0, 0.05) is 47.3 Å². The van der Waals surface area contributed by atoms with Crippen molar-refractivity contribution in [2.24, 2.45) is 0 Å². The van der Waals surface area contributed by atoms with Crippen molar-refractivity contribution in [1.82, 2.24) is 0 Å². The van der Waals surface area contributed by atoms with Crippen LogP contribution in [-0.4, -0.2) is 21.2 Å². The van der Waals surface area contributed by atoms with E-state index in [-0.39, 0.29) is 11.5 Å². The summed E-state index contributed by atoms with van der Waals surface area (Å²) >= 11 is 0. The van der Waals surface area contributed by atoms with Crippen LogP contribution in [0, 0.1) is 41.5 Å². The van der Waals surface area contributed by atoms with E-state index in [0.717, 1.165) is 22.8 Å². The maximum Gasteiger partial charge on any atom is 0.208 e. The first-order valence-corrected chi connectivity index (χ1v) is 17.9. The molecule has 7 rings (SSSR count). The van der Waals surface area contributed by atoms with Gasteiger partial charge in [0.15, 0.2) is 6.54 Å². The van der Waals surface area contributed by atoms with E-state index in [2.05, 4.69) is 136 Å². The van der Waals surface area contributed by atoms with Gasteiger partial charge >= 0.3 is 0 Å². The van der Waals surface area contributed by atoms with Crippen molar-refractivity contribution in [3.63, 3.8) is 0 Å². The van der Waals surface area contributed by atoms with E-state index in [1.54, 1.807) is 0 Å². The Balaban J connectivity index is 1.19. The highest BCUT2D eigenvalue weighted by Crippen LogP contribution is 2.40. The van der Waals surface area contributed by atoms with Gasteiger partial charge in [-0.3, -0.25) is 4.79 Å². The normalized spacial score (nSPS) is 13.9. The Bertz CT molecular complexity index is 2370. The third-order valence-corrected chi connectivity index (χ3v) is 10.00. The fraction of sp³-hybridized carbons (Fsp3) is 0.167. The van der Waals surface area contributed by atoms with Gasteiger partial charge in [-0.2, -0.15) is 4.58 Å². The lowest BCUT2D eigenvalue weighted by molar-refractivity contribution is -0.456. The lowest BCUT2D eigenvalue weighted by Crippen LogP contribution is -2.23. The van der Waals surface area contributed by atoms with E-state index in [1.165, 1.54) is 44.5 Å². The van der Waals surface area contributed by atoms with Gasteiger partial charge in [-0.15, -0.1) is 0 Å². The molecule has 0 spiro atoms. The summed E-state index contributed by atoms with van der Waals surface area (Å²) in [7, 11) is 0. The first-order valence-electron chi connectivity index (χ1n) is 17.9. The number of rotatable bonds is 8. The molecule has 258 valence electrons. The minimum Gasteiger partial charge on any atom is -0.506 e. The SMILES string of the molecule is Cc1cccc(CN(c2ccc(C3=C(O)C(=C4C=CC(=[N+](Cc5cccc(C)c5)c5ccc(C)cc5C)C=C4)C3=O)cc2)c2ccc(C)cc2C)c1. The van der Waals surface area contributed by atoms with Crippen LogP contribution in [0.2, 0.25) is 0 Å². The third kappa shape index (κ3) is 6.97. The maximum absolute atomic E-state index is 13.7. The first kappa shape index (κ1) is 34.4. The van der Waals surface area contributed by atoms with Gasteiger partial charge in [0.25, 0.3) is 0 Å². The number of Topliss-reactive ketones (excluding diaryl/α,β-unsaturated/α-hetero) is 1. The Kier molecular flexibility index (Phi) is 9.49. The number of aryl methyl sites for hydroxylation is 6. The molecule has 0 radical (unpaired) electrons. The van der Waals surface area contributed by atoms with Gasteiger partial charge in [-0.25, -0.2) is 0 Å². The molecule has 1 N–H and O–H groups in total. The van der Waals surface area contributed by atoms with Crippen molar-refractivity contribution in [3.8, 4) is 0 Å². The van der Waals surface area contributed by atoms with Gasteiger partial charge < -0.3 is 10.0 Å². The van der Waals surface area contributed by atoms with Gasteiger partial charge in [0.1, 0.15) is 5.76 Å². The summed E-state index contributed by atoms with van der Waals surface area (Å²) in [6, 6.07) is 38.2. The molecule has 0 aromatic heterocycles. The number of hydrogen-bond donors (Lipinski definition) is 1. The molecular weight excluding hydrogens is 637 g/mol. The second-order valence-electron chi connectivity index (χ2n) is 14.3. The van der Waals surface area contributed by atoms with Crippen LogP contribution in [0.1, 0.15) is 50.1 Å². The molecule has 0 heterocycles. The van der Waals surface area contributed by atoms with Crippen LogP contribution in [0.15, 0.2) is 150 Å². The molecule has 0 saturated carbocycles. The highest BCUT2D eigenvalue weighted by Gasteiger charge is 2.37. The first-order chi connectivity index (χ1) is 25.0. The number of hydrogen-bond acceptors (Lipinski definition) is 3. The number of aliphatic hydroxyl groups is 1. The van der Waals surface area contributed by atoms with Gasteiger partial charge in [0.2, 0.25) is 17.2 Å². The van der Waals surface area contributed by atoms with Crippen molar-refractivity contribution < 1.29 is 14.5 Å². The van der Waals surface area contributed by atoms with Crippen LogP contribution in [0.4, 0.5) is 17.1 Å². The molecule has 52 heavy (non-hydrogen) atoms. The number of nitrogens with zero attached hydrogens (tertiary/aromatic N) is 2. The quantitative estimate of drug-likeness (QED) is 0.131. The average Bonchev–Trinajstić information content (AvgIpc) is 3.11. The maximum atomic E-state index is 13.7. The second-order valence-corrected chi connectivity index (χ2v) is 14.3. The van der Waals surface area contributed by atoms with Crippen molar-refractivity contribution in [2.75, 3.05) is 4.90 Å². The zero-order valence-corrected chi connectivity index (χ0v) is 30.9. The number of aliphatic hydroxyl groups excluding tert-OH is 1. The van der Waals surface area contributed by atoms with Crippen LogP contribution in [0.3, 0.4) is 0 Å². The third-order valence-electron chi connectivity index (χ3n) is 10.00. The molecule has 0 unspecified atom stereocenters. The van der Waals surface area contributed by atoms with Crippen LogP contribution in [-0.2, 0) is 17.9 Å². The average molecular weight is 682 g/mol. The van der Waals surface area contributed by atoms with Crippen LogP contribution < -0.4 is 4.90 Å². The summed E-state index contributed by atoms with van der Waals surface area (Å²) in [5, 5.41) is 11.3. The van der Waals surface area contributed by atoms with E-state index in [9.17, 15) is 9.90 Å². The fourth-order valence-corrected chi connectivity index (χ4v) is 7.39. The zero-order chi connectivity index (χ0) is 36.5. The molecule has 2 aliphatic rings. The van der Waals surface area contributed by atoms with Gasteiger partial charge in [-0.05, 0) is 106 Å². The number of allylic oxidation sites excluding steroid dienone is 7. The molecule has 2 aliphatic carbocycles. The summed E-state index contributed by atoms with van der Waals surface area (Å²) in [6.07, 6.45) is 7.97. The van der Waals surface area contributed by atoms with Crippen molar-refractivity contribution in [3.05, 3.63) is 200 Å². The molecule has 0 amide bonds. The molecule has 0 bridgehead atoms. The van der Waals surface area contributed by atoms with Gasteiger partial charge in [0.05, 0.1) is 11.1 Å². The number of benzene rings is 5. The smallest absolute Gasteiger partial charge is 0.208 e. The molecule has 5 aromatic rings.